The van der Waals surface area contributed by atoms with E-state index in [-0.39, 0.29) is 18.2 Å². The number of nitrogens with one attached hydrogen (secondary N) is 1. The number of para-hydroxylation sites is 1. The summed E-state index contributed by atoms with van der Waals surface area (Å²) in [6.45, 7) is 0.331. The summed E-state index contributed by atoms with van der Waals surface area (Å²) >= 11 is 0. The van der Waals surface area contributed by atoms with E-state index in [0.717, 1.165) is 22.7 Å². The van der Waals surface area contributed by atoms with E-state index in [2.05, 4.69) is 5.32 Å². The lowest BCUT2D eigenvalue weighted by atomic mass is 10.0. The summed E-state index contributed by atoms with van der Waals surface area (Å²) in [4.78, 5) is 25.4. The number of rotatable bonds is 5. The lowest BCUT2D eigenvalue weighted by molar-refractivity contribution is -0.118. The standard InChI is InChI=1S/C19H20N2O3/c1-21-17-9-8-15(13-14(17)7-10-19(21)23)20-18(22)11-12-24-16-5-3-2-4-6-16/h2-6,8-9,13H,7,10-12H2,1H3,(H,20,22). The summed E-state index contributed by atoms with van der Waals surface area (Å²) in [6.07, 6.45) is 1.50. The van der Waals surface area contributed by atoms with Crippen molar-refractivity contribution in [3.05, 3.63) is 54.1 Å². The van der Waals surface area contributed by atoms with Crippen LogP contribution in [0.15, 0.2) is 48.5 Å². The Hall–Kier alpha value is -2.82. The Balaban J connectivity index is 1.54. The van der Waals surface area contributed by atoms with Crippen molar-refractivity contribution in [1.29, 1.82) is 0 Å². The first-order valence-corrected chi connectivity index (χ1v) is 8.00. The molecule has 124 valence electrons. The summed E-state index contributed by atoms with van der Waals surface area (Å²) < 4.78 is 5.53. The fraction of sp³-hybridized carbons (Fsp3) is 0.263. The highest BCUT2D eigenvalue weighted by Gasteiger charge is 2.20. The third-order valence-corrected chi connectivity index (χ3v) is 4.05. The van der Waals surface area contributed by atoms with Gasteiger partial charge in [-0.25, -0.2) is 0 Å². The number of amides is 2. The van der Waals surface area contributed by atoms with Crippen LogP contribution in [-0.2, 0) is 16.0 Å². The minimum Gasteiger partial charge on any atom is -0.493 e. The summed E-state index contributed by atoms with van der Waals surface area (Å²) in [5, 5.41) is 2.88. The fourth-order valence-electron chi connectivity index (χ4n) is 2.74. The highest BCUT2D eigenvalue weighted by Crippen LogP contribution is 2.29. The van der Waals surface area contributed by atoms with Gasteiger partial charge in [-0.05, 0) is 42.3 Å². The van der Waals surface area contributed by atoms with Crippen LogP contribution in [-0.4, -0.2) is 25.5 Å². The normalized spacial score (nSPS) is 13.4. The zero-order valence-electron chi connectivity index (χ0n) is 13.6. The lowest BCUT2D eigenvalue weighted by Gasteiger charge is -2.26. The Morgan fingerprint density at radius 2 is 1.96 bits per heavy atom. The van der Waals surface area contributed by atoms with E-state index in [9.17, 15) is 9.59 Å². The van der Waals surface area contributed by atoms with Crippen LogP contribution < -0.4 is 15.0 Å². The average Bonchev–Trinajstić information content (AvgIpc) is 2.59. The maximum Gasteiger partial charge on any atom is 0.227 e. The molecular weight excluding hydrogens is 304 g/mol. The molecule has 0 fully saturated rings. The van der Waals surface area contributed by atoms with Crippen molar-refractivity contribution >= 4 is 23.2 Å². The molecule has 0 radical (unpaired) electrons. The van der Waals surface area contributed by atoms with Crippen LogP contribution in [0.4, 0.5) is 11.4 Å². The Bertz CT molecular complexity index is 744. The highest BCUT2D eigenvalue weighted by molar-refractivity contribution is 5.97. The van der Waals surface area contributed by atoms with E-state index in [1.54, 1.807) is 11.9 Å². The van der Waals surface area contributed by atoms with Gasteiger partial charge in [-0.2, -0.15) is 0 Å². The van der Waals surface area contributed by atoms with Gasteiger partial charge in [0, 0.05) is 24.8 Å². The van der Waals surface area contributed by atoms with Gasteiger partial charge in [-0.3, -0.25) is 9.59 Å². The number of nitrogens with zero attached hydrogens (tertiary/aromatic N) is 1. The second kappa shape index (κ2) is 7.17. The van der Waals surface area contributed by atoms with Gasteiger partial charge in [0.05, 0.1) is 13.0 Å². The van der Waals surface area contributed by atoms with Gasteiger partial charge < -0.3 is 15.0 Å². The van der Waals surface area contributed by atoms with Crippen molar-refractivity contribution in [2.75, 3.05) is 23.9 Å². The number of ether oxygens (including phenoxy) is 1. The van der Waals surface area contributed by atoms with Crippen molar-refractivity contribution in [1.82, 2.24) is 0 Å². The first kappa shape index (κ1) is 16.1. The third-order valence-electron chi connectivity index (χ3n) is 4.05. The number of carbonyl (C=O) groups excluding carboxylic acids is 2. The highest BCUT2D eigenvalue weighted by atomic mass is 16.5. The van der Waals surface area contributed by atoms with E-state index < -0.39 is 0 Å². The van der Waals surface area contributed by atoms with Gasteiger partial charge in [-0.15, -0.1) is 0 Å². The number of aryl methyl sites for hydroxylation is 1. The molecule has 0 saturated heterocycles. The predicted molar refractivity (Wildman–Crippen MR) is 93.4 cm³/mol. The molecule has 24 heavy (non-hydrogen) atoms. The van der Waals surface area contributed by atoms with Gasteiger partial charge in [-0.1, -0.05) is 18.2 Å². The van der Waals surface area contributed by atoms with Gasteiger partial charge in [0.1, 0.15) is 5.75 Å². The first-order chi connectivity index (χ1) is 11.6. The Morgan fingerprint density at radius 3 is 2.75 bits per heavy atom. The van der Waals surface area contributed by atoms with Gasteiger partial charge in [0.25, 0.3) is 0 Å². The van der Waals surface area contributed by atoms with Gasteiger partial charge >= 0.3 is 0 Å². The third kappa shape index (κ3) is 3.74. The van der Waals surface area contributed by atoms with Crippen LogP contribution >= 0.6 is 0 Å². The monoisotopic (exact) mass is 324 g/mol. The summed E-state index contributed by atoms with van der Waals surface area (Å²) in [5.41, 5.74) is 2.74. The number of carbonyl (C=O) groups is 2. The molecule has 0 atom stereocenters. The Labute approximate surface area is 141 Å². The van der Waals surface area contributed by atoms with E-state index in [1.807, 2.05) is 48.5 Å². The number of anilines is 2. The molecule has 1 N–H and O–H groups in total. The summed E-state index contributed by atoms with van der Waals surface area (Å²) in [7, 11) is 1.78. The fourth-order valence-corrected chi connectivity index (χ4v) is 2.74. The lowest BCUT2D eigenvalue weighted by Crippen LogP contribution is -2.31. The van der Waals surface area contributed by atoms with Gasteiger partial charge in [0.2, 0.25) is 11.8 Å². The molecule has 0 bridgehead atoms. The molecule has 0 saturated carbocycles. The molecule has 2 amide bonds. The second-order valence-corrected chi connectivity index (χ2v) is 5.76. The number of hydrogen-bond donors (Lipinski definition) is 1. The Morgan fingerprint density at radius 1 is 1.17 bits per heavy atom. The van der Waals surface area contributed by atoms with E-state index in [0.29, 0.717) is 19.4 Å². The molecule has 0 spiro atoms. The van der Waals surface area contributed by atoms with Crippen LogP contribution in [0.1, 0.15) is 18.4 Å². The Kier molecular flexibility index (Phi) is 4.79. The molecular formula is C19H20N2O3. The van der Waals surface area contributed by atoms with Crippen molar-refractivity contribution < 1.29 is 14.3 Å². The SMILES string of the molecule is CN1C(=O)CCc2cc(NC(=O)CCOc3ccccc3)ccc21. The largest absolute Gasteiger partial charge is 0.493 e. The number of benzene rings is 2. The van der Waals surface area contributed by atoms with Crippen molar-refractivity contribution in [2.45, 2.75) is 19.3 Å². The second-order valence-electron chi connectivity index (χ2n) is 5.76. The van der Waals surface area contributed by atoms with Crippen molar-refractivity contribution in [3.8, 4) is 5.75 Å². The smallest absolute Gasteiger partial charge is 0.227 e. The molecule has 1 aliphatic heterocycles. The molecule has 0 aromatic heterocycles. The van der Waals surface area contributed by atoms with Crippen LogP contribution in [0, 0.1) is 0 Å². The van der Waals surface area contributed by atoms with Crippen molar-refractivity contribution in [3.63, 3.8) is 0 Å². The van der Waals surface area contributed by atoms with Crippen LogP contribution in [0.2, 0.25) is 0 Å². The molecule has 5 nitrogen and oxygen atoms in total. The van der Waals surface area contributed by atoms with E-state index in [1.165, 1.54) is 0 Å². The van der Waals surface area contributed by atoms with Crippen molar-refractivity contribution in [2.24, 2.45) is 0 Å². The van der Waals surface area contributed by atoms with E-state index in [4.69, 9.17) is 4.74 Å². The molecule has 3 rings (SSSR count). The average molecular weight is 324 g/mol. The molecule has 0 unspecified atom stereocenters. The first-order valence-electron chi connectivity index (χ1n) is 8.00. The maximum atomic E-state index is 12.0. The van der Waals surface area contributed by atoms with E-state index >= 15 is 0 Å². The minimum atomic E-state index is -0.0916. The number of fused-ring (bicyclic) bond motifs is 1. The quantitative estimate of drug-likeness (QED) is 0.920. The van der Waals surface area contributed by atoms with Crippen LogP contribution in [0.5, 0.6) is 5.75 Å². The molecule has 0 aliphatic carbocycles. The summed E-state index contributed by atoms with van der Waals surface area (Å²) in [5.74, 6) is 0.787. The van der Waals surface area contributed by atoms with Crippen LogP contribution in [0.25, 0.3) is 0 Å². The molecule has 1 aliphatic rings. The molecule has 2 aromatic carbocycles. The zero-order valence-corrected chi connectivity index (χ0v) is 13.6. The predicted octanol–water partition coefficient (Wildman–Crippen LogP) is 3.00. The molecule has 5 heteroatoms. The van der Waals surface area contributed by atoms with Crippen LogP contribution in [0.3, 0.4) is 0 Å². The maximum absolute atomic E-state index is 12.0. The van der Waals surface area contributed by atoms with Gasteiger partial charge in [0.15, 0.2) is 0 Å². The number of hydrogen-bond acceptors (Lipinski definition) is 3. The molecule has 2 aromatic rings. The molecule has 1 heterocycles. The zero-order chi connectivity index (χ0) is 16.9. The minimum absolute atomic E-state index is 0.0916. The topological polar surface area (TPSA) is 58.6 Å². The summed E-state index contributed by atoms with van der Waals surface area (Å²) in [6, 6.07) is 15.1.